The topological polar surface area (TPSA) is 171 Å². The Balaban J connectivity index is 5.20. The van der Waals surface area contributed by atoms with Crippen molar-refractivity contribution < 1.29 is 29.4 Å². The van der Waals surface area contributed by atoms with Gasteiger partial charge in [-0.15, -0.1) is 0 Å². The highest BCUT2D eigenvalue weighted by atomic mass is 32.2. The summed E-state index contributed by atoms with van der Waals surface area (Å²) in [5.74, 6) is -2.13. The van der Waals surface area contributed by atoms with E-state index in [9.17, 15) is 29.4 Å². The van der Waals surface area contributed by atoms with Crippen LogP contribution in [0.4, 0.5) is 0 Å². The third-order valence-corrected chi connectivity index (χ3v) is 6.13. The Morgan fingerprint density at radius 2 is 1.32 bits per heavy atom. The van der Waals surface area contributed by atoms with E-state index in [1.165, 1.54) is 23.5 Å². The maximum Gasteiger partial charge on any atom is 0.326 e. The molecule has 0 rings (SSSR count). The molecule has 0 saturated heterocycles. The Hall–Kier alpha value is -1.50. The summed E-state index contributed by atoms with van der Waals surface area (Å²) >= 11 is 2.92. The van der Waals surface area contributed by atoms with Gasteiger partial charge in [-0.05, 0) is 42.8 Å². The molecule has 3 amide bonds. The van der Waals surface area contributed by atoms with Gasteiger partial charge in [0.25, 0.3) is 0 Å². The third-order valence-electron chi connectivity index (χ3n) is 4.84. The first kappa shape index (κ1) is 29.5. The lowest BCUT2D eigenvalue weighted by atomic mass is 9.99. The predicted octanol–water partition coefficient (Wildman–Crippen LogP) is -0.603. The largest absolute Gasteiger partial charge is 0.480 e. The van der Waals surface area contributed by atoms with E-state index in [4.69, 9.17) is 5.73 Å². The SMILES string of the molecule is CCC(C)C(N)C(=O)NC(CO)C(=O)NC(CCSC)C(=O)NC(CCSC)C(=O)O. The fourth-order valence-corrected chi connectivity index (χ4v) is 3.46. The minimum absolute atomic E-state index is 0.114. The Bertz CT molecular complexity index is 596. The minimum atomic E-state index is -1.28. The summed E-state index contributed by atoms with van der Waals surface area (Å²) < 4.78 is 0. The van der Waals surface area contributed by atoms with Crippen molar-refractivity contribution in [3.63, 3.8) is 0 Å². The van der Waals surface area contributed by atoms with Crippen molar-refractivity contribution in [2.24, 2.45) is 11.7 Å². The van der Waals surface area contributed by atoms with Gasteiger partial charge in [0.1, 0.15) is 18.1 Å². The number of aliphatic hydroxyl groups is 1. The summed E-state index contributed by atoms with van der Waals surface area (Å²) in [6.07, 6.45) is 4.84. The molecule has 10 nitrogen and oxygen atoms in total. The van der Waals surface area contributed by atoms with E-state index in [-0.39, 0.29) is 18.8 Å². The van der Waals surface area contributed by atoms with Gasteiger partial charge < -0.3 is 31.9 Å². The molecule has 0 bridgehead atoms. The smallest absolute Gasteiger partial charge is 0.326 e. The summed E-state index contributed by atoms with van der Waals surface area (Å²) in [4.78, 5) is 48.9. The average Bonchev–Trinajstić information content (AvgIpc) is 2.75. The molecule has 5 unspecified atom stereocenters. The van der Waals surface area contributed by atoms with Crippen LogP contribution in [0.3, 0.4) is 0 Å². The Labute approximate surface area is 192 Å². The molecule has 0 fully saturated rings. The molecule has 31 heavy (non-hydrogen) atoms. The van der Waals surface area contributed by atoms with Crippen molar-refractivity contribution in [1.82, 2.24) is 16.0 Å². The number of rotatable bonds is 16. The second kappa shape index (κ2) is 16.2. The van der Waals surface area contributed by atoms with Crippen LogP contribution in [0.25, 0.3) is 0 Å². The van der Waals surface area contributed by atoms with Crippen LogP contribution in [0.2, 0.25) is 0 Å². The molecule has 0 aliphatic rings. The molecule has 0 saturated carbocycles. The van der Waals surface area contributed by atoms with Crippen LogP contribution in [0.1, 0.15) is 33.1 Å². The number of carbonyl (C=O) groups is 4. The summed E-state index contributed by atoms with van der Waals surface area (Å²) in [6.45, 7) is 3.01. The lowest BCUT2D eigenvalue weighted by molar-refractivity contribution is -0.142. The fraction of sp³-hybridized carbons (Fsp3) is 0.789. The van der Waals surface area contributed by atoms with Crippen LogP contribution >= 0.6 is 23.5 Å². The van der Waals surface area contributed by atoms with Crippen molar-refractivity contribution in [2.45, 2.75) is 57.3 Å². The number of carboxylic acids is 1. The molecule has 180 valence electrons. The maximum atomic E-state index is 12.7. The number of hydrogen-bond acceptors (Lipinski definition) is 8. The molecular formula is C19H36N4O6S2. The van der Waals surface area contributed by atoms with Gasteiger partial charge in [-0.2, -0.15) is 23.5 Å². The van der Waals surface area contributed by atoms with Gasteiger partial charge in [-0.3, -0.25) is 14.4 Å². The summed E-state index contributed by atoms with van der Waals surface area (Å²) in [5.41, 5.74) is 5.86. The molecule has 12 heteroatoms. The van der Waals surface area contributed by atoms with Crippen LogP contribution in [-0.4, -0.2) is 88.7 Å². The molecule has 0 aliphatic carbocycles. The van der Waals surface area contributed by atoms with Gasteiger partial charge in [-0.25, -0.2) is 4.79 Å². The fourth-order valence-electron chi connectivity index (χ4n) is 2.52. The molecule has 0 aromatic heterocycles. The van der Waals surface area contributed by atoms with E-state index in [0.29, 0.717) is 17.9 Å². The normalized spacial score (nSPS) is 15.8. The molecule has 0 aromatic carbocycles. The Kier molecular flexibility index (Phi) is 15.4. The molecular weight excluding hydrogens is 444 g/mol. The van der Waals surface area contributed by atoms with Gasteiger partial charge >= 0.3 is 5.97 Å². The molecule has 0 radical (unpaired) electrons. The van der Waals surface area contributed by atoms with Gasteiger partial charge in [0.2, 0.25) is 17.7 Å². The molecule has 0 heterocycles. The highest BCUT2D eigenvalue weighted by molar-refractivity contribution is 7.98. The Morgan fingerprint density at radius 1 is 0.871 bits per heavy atom. The summed E-state index contributed by atoms with van der Waals surface area (Å²) in [6, 6.07) is -4.20. The van der Waals surface area contributed by atoms with Crippen molar-refractivity contribution >= 4 is 47.2 Å². The van der Waals surface area contributed by atoms with Crippen LogP contribution in [-0.2, 0) is 19.2 Å². The number of hydrogen-bond donors (Lipinski definition) is 6. The molecule has 7 N–H and O–H groups in total. The molecule has 0 aromatic rings. The van der Waals surface area contributed by atoms with Gasteiger partial charge in [0, 0.05) is 0 Å². The minimum Gasteiger partial charge on any atom is -0.480 e. The zero-order valence-electron chi connectivity index (χ0n) is 18.6. The number of thioether (sulfide) groups is 2. The quantitative estimate of drug-likeness (QED) is 0.169. The second-order valence-electron chi connectivity index (χ2n) is 7.18. The number of carboxylic acid groups (broad SMARTS) is 1. The average molecular weight is 481 g/mol. The monoisotopic (exact) mass is 480 g/mol. The second-order valence-corrected chi connectivity index (χ2v) is 9.15. The first-order chi connectivity index (χ1) is 14.6. The first-order valence-corrected chi connectivity index (χ1v) is 12.9. The van der Waals surface area contributed by atoms with Crippen LogP contribution in [0.5, 0.6) is 0 Å². The highest BCUT2D eigenvalue weighted by Gasteiger charge is 2.30. The van der Waals surface area contributed by atoms with E-state index in [0.717, 1.165) is 0 Å². The van der Waals surface area contributed by atoms with Crippen molar-refractivity contribution in [1.29, 1.82) is 0 Å². The summed E-state index contributed by atoms with van der Waals surface area (Å²) in [7, 11) is 0. The zero-order valence-corrected chi connectivity index (χ0v) is 20.2. The maximum absolute atomic E-state index is 12.7. The van der Waals surface area contributed by atoms with Gasteiger partial charge in [-0.1, -0.05) is 20.3 Å². The standard InChI is InChI=1S/C19H36N4O6S2/c1-5-11(2)15(20)18(27)23-14(10-24)17(26)21-12(6-8-30-3)16(25)22-13(19(28)29)7-9-31-4/h11-15,24H,5-10,20H2,1-4H3,(H,21,26)(H,22,25)(H,23,27)(H,28,29). The number of aliphatic carboxylic acids is 1. The number of nitrogens with one attached hydrogen (secondary N) is 3. The predicted molar refractivity (Wildman–Crippen MR) is 124 cm³/mol. The highest BCUT2D eigenvalue weighted by Crippen LogP contribution is 2.07. The third kappa shape index (κ3) is 11.1. The van der Waals surface area contributed by atoms with Crippen molar-refractivity contribution in [3.05, 3.63) is 0 Å². The van der Waals surface area contributed by atoms with E-state index in [1.54, 1.807) is 6.92 Å². The first-order valence-electron chi connectivity index (χ1n) is 10.1. The van der Waals surface area contributed by atoms with E-state index < -0.39 is 54.5 Å². The van der Waals surface area contributed by atoms with E-state index >= 15 is 0 Å². The van der Waals surface area contributed by atoms with Gasteiger partial charge in [0.15, 0.2) is 0 Å². The lowest BCUT2D eigenvalue weighted by Gasteiger charge is -2.25. The number of aliphatic hydroxyl groups excluding tert-OH is 1. The number of nitrogens with two attached hydrogens (primary N) is 1. The summed E-state index contributed by atoms with van der Waals surface area (Å²) in [5, 5.41) is 26.3. The zero-order chi connectivity index (χ0) is 24.0. The van der Waals surface area contributed by atoms with Crippen molar-refractivity contribution in [2.75, 3.05) is 30.6 Å². The van der Waals surface area contributed by atoms with Crippen LogP contribution < -0.4 is 21.7 Å². The number of amides is 3. The van der Waals surface area contributed by atoms with E-state index in [1.807, 2.05) is 19.4 Å². The van der Waals surface area contributed by atoms with Crippen LogP contribution in [0.15, 0.2) is 0 Å². The molecule has 5 atom stereocenters. The Morgan fingerprint density at radius 3 is 1.77 bits per heavy atom. The lowest BCUT2D eigenvalue weighted by Crippen LogP contribution is -2.58. The van der Waals surface area contributed by atoms with Crippen LogP contribution in [0, 0.1) is 5.92 Å². The molecule has 0 spiro atoms. The van der Waals surface area contributed by atoms with Gasteiger partial charge in [0.05, 0.1) is 12.6 Å². The van der Waals surface area contributed by atoms with Crippen molar-refractivity contribution in [3.8, 4) is 0 Å². The molecule has 0 aliphatic heterocycles. The number of carbonyl (C=O) groups excluding carboxylic acids is 3. The van der Waals surface area contributed by atoms with E-state index in [2.05, 4.69) is 16.0 Å².